The number of halogens is 1. The average molecular weight is 192 g/mol. The van der Waals surface area contributed by atoms with Gasteiger partial charge in [-0.05, 0) is 6.92 Å². The zero-order chi connectivity index (χ0) is 7.56. The lowest BCUT2D eigenvalue weighted by Gasteiger charge is -1.93. The van der Waals surface area contributed by atoms with Gasteiger partial charge in [0.15, 0.2) is 0 Å². The summed E-state index contributed by atoms with van der Waals surface area (Å²) in [5.41, 5.74) is 7.30. The molecule has 0 atom stereocenters. The number of thiocarbonyl (C=S) groups is 1. The Morgan fingerprint density at radius 1 is 1.82 bits per heavy atom. The topological polar surface area (TPSA) is 54.7 Å². The second kappa shape index (κ2) is 4.31. The minimum Gasteiger partial charge on any atom is -0.393 e. The van der Waals surface area contributed by atoms with Crippen LogP contribution in [0.2, 0.25) is 0 Å². The fourth-order valence-electron chi connectivity index (χ4n) is 0.730. The van der Waals surface area contributed by atoms with Crippen molar-refractivity contribution in [2.75, 3.05) is 0 Å². The average Bonchev–Trinajstić information content (AvgIpc) is 2.15. The molecule has 0 spiro atoms. The van der Waals surface area contributed by atoms with Crippen LogP contribution in [0.25, 0.3) is 0 Å². The van der Waals surface area contributed by atoms with Gasteiger partial charge in [-0.25, -0.2) is 4.98 Å². The van der Waals surface area contributed by atoms with Crippen molar-refractivity contribution in [1.82, 2.24) is 9.97 Å². The molecule has 0 amide bonds. The Hall–Kier alpha value is -0.610. The van der Waals surface area contributed by atoms with Crippen molar-refractivity contribution in [2.24, 2.45) is 5.73 Å². The maximum atomic E-state index is 5.33. The van der Waals surface area contributed by atoms with Crippen LogP contribution in [-0.4, -0.2) is 15.0 Å². The van der Waals surface area contributed by atoms with Gasteiger partial charge in [0.25, 0.3) is 0 Å². The molecular weight excluding hydrogens is 182 g/mol. The number of hydrogen-bond donors (Lipinski definition) is 2. The predicted molar refractivity (Wildman–Crippen MR) is 51.1 cm³/mol. The van der Waals surface area contributed by atoms with Crippen LogP contribution in [0.1, 0.15) is 11.4 Å². The van der Waals surface area contributed by atoms with Crippen molar-refractivity contribution >= 4 is 29.6 Å². The summed E-state index contributed by atoms with van der Waals surface area (Å²) in [4.78, 5) is 7.46. The zero-order valence-electron chi connectivity index (χ0n) is 6.13. The van der Waals surface area contributed by atoms with Gasteiger partial charge in [-0.15, -0.1) is 12.4 Å². The Morgan fingerprint density at radius 2 is 2.45 bits per heavy atom. The van der Waals surface area contributed by atoms with E-state index >= 15 is 0 Å². The molecular formula is C6H10ClN3S. The number of rotatable bonds is 2. The molecule has 0 bridgehead atoms. The van der Waals surface area contributed by atoms with E-state index in [0.29, 0.717) is 11.4 Å². The molecule has 3 N–H and O–H groups in total. The van der Waals surface area contributed by atoms with Crippen molar-refractivity contribution < 1.29 is 0 Å². The highest BCUT2D eigenvalue weighted by molar-refractivity contribution is 7.80. The number of nitrogens with one attached hydrogen (secondary N) is 1. The van der Waals surface area contributed by atoms with Crippen molar-refractivity contribution in [3.05, 3.63) is 17.7 Å². The molecule has 11 heavy (non-hydrogen) atoms. The first-order chi connectivity index (χ1) is 4.70. The van der Waals surface area contributed by atoms with E-state index in [0.717, 1.165) is 11.4 Å². The lowest BCUT2D eigenvalue weighted by molar-refractivity contribution is 1.15. The van der Waals surface area contributed by atoms with E-state index in [1.807, 2.05) is 6.92 Å². The van der Waals surface area contributed by atoms with Gasteiger partial charge in [-0.2, -0.15) is 0 Å². The number of imidazole rings is 1. The van der Waals surface area contributed by atoms with E-state index < -0.39 is 0 Å². The van der Waals surface area contributed by atoms with Gasteiger partial charge in [0.2, 0.25) is 0 Å². The Kier molecular flexibility index (Phi) is 4.07. The van der Waals surface area contributed by atoms with Crippen molar-refractivity contribution in [3.63, 3.8) is 0 Å². The molecule has 0 unspecified atom stereocenters. The maximum absolute atomic E-state index is 5.33. The van der Waals surface area contributed by atoms with Crippen LogP contribution in [-0.2, 0) is 6.42 Å². The minimum atomic E-state index is 0. The van der Waals surface area contributed by atoms with Crippen LogP contribution in [0, 0.1) is 6.92 Å². The normalized spacial score (nSPS) is 8.82. The highest BCUT2D eigenvalue weighted by Crippen LogP contribution is 2.00. The largest absolute Gasteiger partial charge is 0.393 e. The Labute approximate surface area is 76.8 Å². The van der Waals surface area contributed by atoms with Crippen LogP contribution >= 0.6 is 24.6 Å². The first-order valence-corrected chi connectivity index (χ1v) is 3.38. The molecule has 62 valence electrons. The summed E-state index contributed by atoms with van der Waals surface area (Å²) in [6.07, 6.45) is 2.23. The molecule has 5 heteroatoms. The summed E-state index contributed by atoms with van der Waals surface area (Å²) in [6, 6.07) is 0. The number of hydrogen-bond acceptors (Lipinski definition) is 2. The van der Waals surface area contributed by atoms with Crippen LogP contribution in [0.5, 0.6) is 0 Å². The molecule has 0 aromatic carbocycles. The van der Waals surface area contributed by atoms with Gasteiger partial charge in [0.1, 0.15) is 0 Å². The number of aromatic amines is 1. The summed E-state index contributed by atoms with van der Waals surface area (Å²) >= 11 is 4.73. The molecule has 0 fully saturated rings. The Balaban J connectivity index is 0.000001000. The van der Waals surface area contributed by atoms with E-state index in [9.17, 15) is 0 Å². The van der Waals surface area contributed by atoms with E-state index in [4.69, 9.17) is 18.0 Å². The van der Waals surface area contributed by atoms with Gasteiger partial charge >= 0.3 is 0 Å². The number of nitrogens with zero attached hydrogens (tertiary/aromatic N) is 1. The molecule has 0 aliphatic rings. The van der Waals surface area contributed by atoms with Gasteiger partial charge in [-0.3, -0.25) is 0 Å². The van der Waals surface area contributed by atoms with E-state index in [1.54, 1.807) is 6.33 Å². The van der Waals surface area contributed by atoms with Crippen molar-refractivity contribution in [3.8, 4) is 0 Å². The van der Waals surface area contributed by atoms with Crippen molar-refractivity contribution in [2.45, 2.75) is 13.3 Å². The van der Waals surface area contributed by atoms with Crippen LogP contribution in [0.4, 0.5) is 0 Å². The molecule has 1 rings (SSSR count). The zero-order valence-corrected chi connectivity index (χ0v) is 7.76. The fourth-order valence-corrected chi connectivity index (χ4v) is 0.867. The molecule has 0 aliphatic carbocycles. The highest BCUT2D eigenvalue weighted by atomic mass is 35.5. The first-order valence-electron chi connectivity index (χ1n) is 2.97. The summed E-state index contributed by atoms with van der Waals surface area (Å²) < 4.78 is 0. The Morgan fingerprint density at radius 3 is 2.82 bits per heavy atom. The van der Waals surface area contributed by atoms with Gasteiger partial charge in [0.05, 0.1) is 17.0 Å². The van der Waals surface area contributed by atoms with Crippen LogP contribution in [0.3, 0.4) is 0 Å². The monoisotopic (exact) mass is 191 g/mol. The Bertz CT molecular complexity index is 246. The fraction of sp³-hybridized carbons (Fsp3) is 0.333. The molecule has 0 aliphatic heterocycles. The van der Waals surface area contributed by atoms with E-state index in [-0.39, 0.29) is 12.4 Å². The molecule has 0 saturated heterocycles. The van der Waals surface area contributed by atoms with Crippen molar-refractivity contribution in [1.29, 1.82) is 0 Å². The lowest BCUT2D eigenvalue weighted by atomic mass is 10.3. The molecule has 3 nitrogen and oxygen atoms in total. The third-order valence-electron chi connectivity index (χ3n) is 1.28. The smallest absolute Gasteiger partial charge is 0.0925 e. The van der Waals surface area contributed by atoms with Gasteiger partial charge < -0.3 is 10.7 Å². The third kappa shape index (κ3) is 2.86. The number of aryl methyl sites for hydroxylation is 1. The van der Waals surface area contributed by atoms with Gasteiger partial charge in [-0.1, -0.05) is 12.2 Å². The highest BCUT2D eigenvalue weighted by Gasteiger charge is 2.00. The summed E-state index contributed by atoms with van der Waals surface area (Å²) in [7, 11) is 0. The summed E-state index contributed by atoms with van der Waals surface area (Å²) in [5, 5.41) is 0. The standard InChI is InChI=1S/C6H9N3S.ClH/c1-4-5(2-6(7)10)9-3-8-4;/h3H,2H2,1H3,(H2,7,10)(H,8,9);1H. The van der Waals surface area contributed by atoms with Crippen LogP contribution < -0.4 is 5.73 Å². The molecule has 1 heterocycles. The molecule has 1 aromatic heterocycles. The summed E-state index contributed by atoms with van der Waals surface area (Å²) in [6.45, 7) is 1.95. The maximum Gasteiger partial charge on any atom is 0.0925 e. The lowest BCUT2D eigenvalue weighted by Crippen LogP contribution is -2.11. The molecule has 0 saturated carbocycles. The number of H-pyrrole nitrogens is 1. The predicted octanol–water partition coefficient (Wildman–Crippen LogP) is 0.969. The molecule has 0 radical (unpaired) electrons. The second-order valence-electron chi connectivity index (χ2n) is 2.12. The van der Waals surface area contributed by atoms with Crippen LogP contribution in [0.15, 0.2) is 6.33 Å². The van der Waals surface area contributed by atoms with E-state index in [1.165, 1.54) is 0 Å². The minimum absolute atomic E-state index is 0. The number of aromatic nitrogens is 2. The third-order valence-corrected chi connectivity index (χ3v) is 1.42. The quantitative estimate of drug-likeness (QED) is 0.685. The summed E-state index contributed by atoms with van der Waals surface area (Å²) in [5.74, 6) is 0. The first kappa shape index (κ1) is 10.4. The van der Waals surface area contributed by atoms with Gasteiger partial charge in [0, 0.05) is 12.1 Å². The SMILES string of the molecule is Cc1[nH]cnc1CC(N)=S.Cl. The molecule has 1 aromatic rings. The number of nitrogens with two attached hydrogens (primary N) is 1. The second-order valence-corrected chi connectivity index (χ2v) is 2.64. The van der Waals surface area contributed by atoms with E-state index in [2.05, 4.69) is 9.97 Å².